The van der Waals surface area contributed by atoms with Crippen LogP contribution in [0.5, 0.6) is 5.75 Å². The van der Waals surface area contributed by atoms with E-state index in [4.69, 9.17) is 10.5 Å². The Bertz CT molecular complexity index is 491. The molecule has 0 amide bonds. The van der Waals surface area contributed by atoms with E-state index >= 15 is 0 Å². The number of rotatable bonds is 8. The highest BCUT2D eigenvalue weighted by atomic mass is 79.9. The fourth-order valence-corrected chi connectivity index (χ4v) is 2.80. The molecule has 1 aromatic carbocycles. The Hall–Kier alpha value is -1.07. The fourth-order valence-electron chi connectivity index (χ4n) is 2.18. The van der Waals surface area contributed by atoms with Gasteiger partial charge in [-0.25, -0.2) is 4.79 Å². The van der Waals surface area contributed by atoms with Crippen LogP contribution in [0.1, 0.15) is 44.2 Å². The van der Waals surface area contributed by atoms with Gasteiger partial charge in [-0.3, -0.25) is 0 Å². The molecule has 0 aliphatic carbocycles. The van der Waals surface area contributed by atoms with Crippen LogP contribution in [0.25, 0.3) is 0 Å². The molecule has 1 rings (SSSR count). The number of hydrogen-bond acceptors (Lipinski definition) is 3. The molecular weight excluding hydrogens is 334 g/mol. The van der Waals surface area contributed by atoms with Crippen LogP contribution in [-0.2, 0) is 11.2 Å². The second-order valence-corrected chi connectivity index (χ2v) is 6.23. The first kappa shape index (κ1) is 18.0. The minimum absolute atomic E-state index is 0.0375. The number of carboxylic acid groups (broad SMARTS) is 1. The molecule has 0 saturated heterocycles. The third-order valence-electron chi connectivity index (χ3n) is 3.41. The summed E-state index contributed by atoms with van der Waals surface area (Å²) in [6.45, 7) is 5.90. The van der Waals surface area contributed by atoms with Gasteiger partial charge in [0, 0.05) is 10.5 Å². The van der Waals surface area contributed by atoms with Crippen molar-refractivity contribution in [1.29, 1.82) is 0 Å². The van der Waals surface area contributed by atoms with Crippen molar-refractivity contribution >= 4 is 21.9 Å². The number of nitrogens with two attached hydrogens (primary N) is 1. The molecule has 0 aliphatic rings. The molecule has 2 unspecified atom stereocenters. The third kappa shape index (κ3) is 5.32. The van der Waals surface area contributed by atoms with Gasteiger partial charge in [0.1, 0.15) is 5.75 Å². The van der Waals surface area contributed by atoms with E-state index in [1.54, 1.807) is 0 Å². The van der Waals surface area contributed by atoms with Gasteiger partial charge in [0.05, 0.1) is 0 Å². The van der Waals surface area contributed by atoms with Crippen LogP contribution < -0.4 is 10.5 Å². The van der Waals surface area contributed by atoms with Crippen LogP contribution in [-0.4, -0.2) is 23.2 Å². The molecule has 0 aliphatic heterocycles. The summed E-state index contributed by atoms with van der Waals surface area (Å²) in [5, 5.41) is 9.27. The van der Waals surface area contributed by atoms with E-state index in [0.29, 0.717) is 18.6 Å². The first-order valence-electron chi connectivity index (χ1n) is 7.33. The number of aliphatic carboxylic acids is 1. The molecule has 21 heavy (non-hydrogen) atoms. The second-order valence-electron chi connectivity index (χ2n) is 5.32. The number of carboxylic acids is 1. The molecule has 1 aromatic rings. The van der Waals surface area contributed by atoms with Crippen LogP contribution in [0.3, 0.4) is 0 Å². The Balaban J connectivity index is 3.10. The minimum Gasteiger partial charge on any atom is -0.479 e. The molecular formula is C16H24BrNO3. The molecule has 0 fully saturated rings. The van der Waals surface area contributed by atoms with Crippen LogP contribution in [0.4, 0.5) is 0 Å². The summed E-state index contributed by atoms with van der Waals surface area (Å²) in [5.41, 5.74) is 7.91. The maximum atomic E-state index is 11.3. The molecule has 0 bridgehead atoms. The average Bonchev–Trinajstić information content (AvgIpc) is 2.40. The summed E-state index contributed by atoms with van der Waals surface area (Å²) in [6, 6.07) is 3.93. The highest BCUT2D eigenvalue weighted by molar-refractivity contribution is 9.10. The predicted molar refractivity (Wildman–Crippen MR) is 87.8 cm³/mol. The lowest BCUT2D eigenvalue weighted by Crippen LogP contribution is -2.28. The molecule has 5 heteroatoms. The minimum atomic E-state index is -0.926. The average molecular weight is 358 g/mol. The van der Waals surface area contributed by atoms with E-state index in [-0.39, 0.29) is 6.04 Å². The molecule has 0 heterocycles. The van der Waals surface area contributed by atoms with Crippen LogP contribution >= 0.6 is 15.9 Å². The van der Waals surface area contributed by atoms with Crippen LogP contribution in [0.15, 0.2) is 16.6 Å². The first-order valence-corrected chi connectivity index (χ1v) is 8.12. The summed E-state index contributed by atoms with van der Waals surface area (Å²) in [7, 11) is 0. The Morgan fingerprint density at radius 3 is 2.62 bits per heavy atom. The Morgan fingerprint density at radius 1 is 1.43 bits per heavy atom. The van der Waals surface area contributed by atoms with Crippen molar-refractivity contribution < 1.29 is 14.6 Å². The predicted octanol–water partition coefficient (Wildman–Crippen LogP) is 3.67. The van der Waals surface area contributed by atoms with Crippen molar-refractivity contribution in [2.24, 2.45) is 5.73 Å². The fraction of sp³-hybridized carbons (Fsp3) is 0.562. The highest BCUT2D eigenvalue weighted by Crippen LogP contribution is 2.30. The number of halogens is 1. The Labute approximate surface area is 134 Å². The van der Waals surface area contributed by atoms with Crippen molar-refractivity contribution in [2.75, 3.05) is 0 Å². The van der Waals surface area contributed by atoms with E-state index in [0.717, 1.165) is 28.4 Å². The third-order valence-corrected chi connectivity index (χ3v) is 3.87. The second kappa shape index (κ2) is 8.39. The summed E-state index contributed by atoms with van der Waals surface area (Å²) >= 11 is 3.47. The van der Waals surface area contributed by atoms with Gasteiger partial charge < -0.3 is 15.6 Å². The zero-order chi connectivity index (χ0) is 16.0. The zero-order valence-electron chi connectivity index (χ0n) is 12.9. The molecule has 118 valence electrons. The standard InChI is InChI=1S/C16H24BrNO3/c1-4-6-14(16(19)20)21-15-10(3)7-12(17)8-11(15)9-13(18)5-2/h7-8,13-14H,4-6,9,18H2,1-3H3,(H,19,20). The van der Waals surface area contributed by atoms with E-state index in [9.17, 15) is 9.90 Å². The topological polar surface area (TPSA) is 72.5 Å². The van der Waals surface area contributed by atoms with Crippen molar-refractivity contribution in [3.63, 3.8) is 0 Å². The molecule has 2 atom stereocenters. The van der Waals surface area contributed by atoms with Gasteiger partial charge in [-0.2, -0.15) is 0 Å². The van der Waals surface area contributed by atoms with E-state index < -0.39 is 12.1 Å². The Kier molecular flexibility index (Phi) is 7.18. The normalized spacial score (nSPS) is 13.8. The SMILES string of the molecule is CCCC(Oc1c(C)cc(Br)cc1CC(N)CC)C(=O)O. The van der Waals surface area contributed by atoms with Gasteiger partial charge in [0.15, 0.2) is 6.10 Å². The maximum Gasteiger partial charge on any atom is 0.344 e. The van der Waals surface area contributed by atoms with E-state index in [2.05, 4.69) is 15.9 Å². The largest absolute Gasteiger partial charge is 0.479 e. The lowest BCUT2D eigenvalue weighted by Gasteiger charge is -2.21. The van der Waals surface area contributed by atoms with Gasteiger partial charge in [-0.05, 0) is 49.4 Å². The zero-order valence-corrected chi connectivity index (χ0v) is 14.4. The van der Waals surface area contributed by atoms with Gasteiger partial charge in [-0.1, -0.05) is 36.2 Å². The van der Waals surface area contributed by atoms with Gasteiger partial charge >= 0.3 is 5.97 Å². The van der Waals surface area contributed by atoms with Crippen LogP contribution in [0, 0.1) is 6.92 Å². The lowest BCUT2D eigenvalue weighted by atomic mass is 10.0. The van der Waals surface area contributed by atoms with Crippen LogP contribution in [0.2, 0.25) is 0 Å². The van der Waals surface area contributed by atoms with E-state index in [1.807, 2.05) is 32.9 Å². The first-order chi connectivity index (χ1) is 9.88. The molecule has 4 nitrogen and oxygen atoms in total. The molecule has 3 N–H and O–H groups in total. The van der Waals surface area contributed by atoms with Crippen molar-refractivity contribution in [3.05, 3.63) is 27.7 Å². The lowest BCUT2D eigenvalue weighted by molar-refractivity contribution is -0.145. The summed E-state index contributed by atoms with van der Waals surface area (Å²) < 4.78 is 6.75. The summed E-state index contributed by atoms with van der Waals surface area (Å²) in [6.07, 6.45) is 1.97. The Morgan fingerprint density at radius 2 is 2.10 bits per heavy atom. The van der Waals surface area contributed by atoms with Gasteiger partial charge in [-0.15, -0.1) is 0 Å². The summed E-state index contributed by atoms with van der Waals surface area (Å²) in [4.78, 5) is 11.3. The van der Waals surface area contributed by atoms with Crippen molar-refractivity contribution in [3.8, 4) is 5.75 Å². The van der Waals surface area contributed by atoms with E-state index in [1.165, 1.54) is 0 Å². The van der Waals surface area contributed by atoms with Gasteiger partial charge in [0.2, 0.25) is 0 Å². The number of benzene rings is 1. The number of aryl methyl sites for hydroxylation is 1. The quantitative estimate of drug-likeness (QED) is 0.744. The molecule has 0 saturated carbocycles. The molecule has 0 spiro atoms. The van der Waals surface area contributed by atoms with Crippen molar-refractivity contribution in [2.45, 2.75) is 58.6 Å². The molecule has 0 radical (unpaired) electrons. The van der Waals surface area contributed by atoms with Crippen molar-refractivity contribution in [1.82, 2.24) is 0 Å². The highest BCUT2D eigenvalue weighted by Gasteiger charge is 2.21. The number of hydrogen-bond donors (Lipinski definition) is 2. The maximum absolute atomic E-state index is 11.3. The van der Waals surface area contributed by atoms with Gasteiger partial charge in [0.25, 0.3) is 0 Å². The number of carbonyl (C=O) groups is 1. The smallest absolute Gasteiger partial charge is 0.344 e. The monoisotopic (exact) mass is 357 g/mol. The number of ether oxygens (including phenoxy) is 1. The summed E-state index contributed by atoms with van der Waals surface area (Å²) in [5.74, 6) is -0.271. The molecule has 0 aromatic heterocycles.